The largest absolute Gasteiger partial charge is 0.323 e. The fourth-order valence-corrected chi connectivity index (χ4v) is 5.43. The van der Waals surface area contributed by atoms with E-state index in [9.17, 15) is 0 Å². The molecule has 5 rings (SSSR count). The van der Waals surface area contributed by atoms with Crippen molar-refractivity contribution in [3.8, 4) is 11.3 Å². The number of aromatic nitrogens is 2. The van der Waals surface area contributed by atoms with Crippen LogP contribution in [0.5, 0.6) is 0 Å². The van der Waals surface area contributed by atoms with Crippen molar-refractivity contribution in [3.63, 3.8) is 0 Å². The Morgan fingerprint density at radius 3 is 2.68 bits per heavy atom. The van der Waals surface area contributed by atoms with Gasteiger partial charge in [-0.25, -0.2) is 9.37 Å². The molecule has 0 spiro atoms. The number of halogens is 2. The summed E-state index contributed by atoms with van der Waals surface area (Å²) in [5, 5.41) is 0.788. The topological polar surface area (TPSA) is 17.8 Å². The van der Waals surface area contributed by atoms with Crippen LogP contribution >= 0.6 is 11.6 Å². The van der Waals surface area contributed by atoms with Crippen molar-refractivity contribution in [2.75, 3.05) is 0 Å². The first-order valence-corrected chi connectivity index (χ1v) is 10.0. The minimum Gasteiger partial charge on any atom is -0.323 e. The van der Waals surface area contributed by atoms with Gasteiger partial charge >= 0.3 is 0 Å². The van der Waals surface area contributed by atoms with E-state index in [4.69, 9.17) is 11.6 Å². The molecule has 0 saturated heterocycles. The highest BCUT2D eigenvalue weighted by atomic mass is 35.5. The summed E-state index contributed by atoms with van der Waals surface area (Å²) in [6.45, 7) is 0. The molecule has 132 valence electrons. The summed E-state index contributed by atoms with van der Waals surface area (Å²) in [6.07, 6.45) is 11.6. The van der Waals surface area contributed by atoms with E-state index in [0.29, 0.717) is 6.42 Å². The molecule has 1 unspecified atom stereocenters. The molecule has 0 radical (unpaired) electrons. The van der Waals surface area contributed by atoms with Crippen LogP contribution in [0.1, 0.15) is 63.0 Å². The van der Waals surface area contributed by atoms with Crippen molar-refractivity contribution in [2.45, 2.75) is 63.1 Å². The monoisotopic (exact) mass is 358 g/mol. The van der Waals surface area contributed by atoms with Crippen LogP contribution in [0.4, 0.5) is 4.39 Å². The number of alkyl halides is 1. The maximum atomic E-state index is 15.4. The van der Waals surface area contributed by atoms with E-state index in [1.165, 1.54) is 12.8 Å². The van der Waals surface area contributed by atoms with E-state index in [-0.39, 0.29) is 6.04 Å². The van der Waals surface area contributed by atoms with Crippen molar-refractivity contribution in [1.82, 2.24) is 9.55 Å². The van der Waals surface area contributed by atoms with Gasteiger partial charge in [0.1, 0.15) is 5.67 Å². The lowest BCUT2D eigenvalue weighted by Crippen LogP contribution is -2.31. The molecule has 0 N–H and O–H groups in total. The molecular weight excluding hydrogens is 335 g/mol. The summed E-state index contributed by atoms with van der Waals surface area (Å²) >= 11 is 6.50. The Bertz CT molecular complexity index is 787. The lowest BCUT2D eigenvalue weighted by molar-refractivity contribution is 0.0644. The van der Waals surface area contributed by atoms with Crippen LogP contribution in [0.25, 0.3) is 11.3 Å². The molecule has 4 heteroatoms. The van der Waals surface area contributed by atoms with Gasteiger partial charge in [0.05, 0.1) is 24.3 Å². The molecule has 1 aromatic carbocycles. The Balaban J connectivity index is 1.33. The van der Waals surface area contributed by atoms with E-state index in [1.54, 1.807) is 0 Å². The molecule has 1 aliphatic heterocycles. The highest BCUT2D eigenvalue weighted by Crippen LogP contribution is 2.50. The molecule has 2 nitrogen and oxygen atoms in total. The summed E-state index contributed by atoms with van der Waals surface area (Å²) < 4.78 is 17.6. The molecule has 0 amide bonds. The fourth-order valence-electron chi connectivity index (χ4n) is 5.13. The zero-order chi connectivity index (χ0) is 17.0. The Morgan fingerprint density at radius 1 is 1.16 bits per heavy atom. The third-order valence-electron chi connectivity index (χ3n) is 6.74. The summed E-state index contributed by atoms with van der Waals surface area (Å²) in [5.74, 6) is 1.71. The van der Waals surface area contributed by atoms with Gasteiger partial charge in [-0.15, -0.1) is 0 Å². The van der Waals surface area contributed by atoms with Crippen molar-refractivity contribution in [3.05, 3.63) is 41.3 Å². The SMILES string of the molecule is FC1(CCC2c3c(Cl)cccc3-c3cncn32)CCC(C2CC2)CC1. The Hall–Kier alpha value is -1.35. The van der Waals surface area contributed by atoms with Gasteiger partial charge in [-0.05, 0) is 69.3 Å². The fraction of sp³-hybridized carbons (Fsp3) is 0.571. The van der Waals surface area contributed by atoms with Crippen LogP contribution in [0.3, 0.4) is 0 Å². The van der Waals surface area contributed by atoms with E-state index in [0.717, 1.165) is 65.8 Å². The van der Waals surface area contributed by atoms with Gasteiger partial charge in [-0.3, -0.25) is 0 Å². The average Bonchev–Trinajstić information content (AvgIpc) is 3.25. The van der Waals surface area contributed by atoms with E-state index >= 15 is 4.39 Å². The zero-order valence-electron chi connectivity index (χ0n) is 14.4. The van der Waals surface area contributed by atoms with Crippen LogP contribution in [-0.2, 0) is 0 Å². The van der Waals surface area contributed by atoms with E-state index in [2.05, 4.69) is 15.6 Å². The third-order valence-corrected chi connectivity index (χ3v) is 7.07. The molecule has 1 aromatic heterocycles. The van der Waals surface area contributed by atoms with E-state index in [1.807, 2.05) is 24.7 Å². The molecule has 3 aliphatic rings. The van der Waals surface area contributed by atoms with Crippen LogP contribution in [0.15, 0.2) is 30.7 Å². The summed E-state index contributed by atoms with van der Waals surface area (Å²) in [5.41, 5.74) is 2.42. The summed E-state index contributed by atoms with van der Waals surface area (Å²) in [6, 6.07) is 6.14. The van der Waals surface area contributed by atoms with Crippen LogP contribution < -0.4 is 0 Å². The van der Waals surface area contributed by atoms with Crippen molar-refractivity contribution >= 4 is 11.6 Å². The average molecular weight is 359 g/mol. The van der Waals surface area contributed by atoms with Gasteiger partial charge in [-0.2, -0.15) is 0 Å². The smallest absolute Gasteiger partial charge is 0.111 e. The van der Waals surface area contributed by atoms with Gasteiger partial charge in [0, 0.05) is 16.1 Å². The predicted octanol–water partition coefficient (Wildman–Crippen LogP) is 6.20. The van der Waals surface area contributed by atoms with Gasteiger partial charge < -0.3 is 4.57 Å². The lowest BCUT2D eigenvalue weighted by Gasteiger charge is -2.35. The van der Waals surface area contributed by atoms with Crippen molar-refractivity contribution < 1.29 is 4.39 Å². The molecule has 1 atom stereocenters. The molecule has 2 aliphatic carbocycles. The number of benzene rings is 1. The first kappa shape index (κ1) is 15.9. The van der Waals surface area contributed by atoms with E-state index < -0.39 is 5.67 Å². The molecule has 2 fully saturated rings. The Kier molecular flexibility index (Phi) is 3.70. The zero-order valence-corrected chi connectivity index (χ0v) is 15.2. The van der Waals surface area contributed by atoms with Crippen molar-refractivity contribution in [2.24, 2.45) is 11.8 Å². The number of rotatable bonds is 4. The number of imidazole rings is 1. The van der Waals surface area contributed by atoms with Gasteiger partial charge in [0.25, 0.3) is 0 Å². The Morgan fingerprint density at radius 2 is 1.92 bits per heavy atom. The van der Waals surface area contributed by atoms with Gasteiger partial charge in [0.2, 0.25) is 0 Å². The summed E-state index contributed by atoms with van der Waals surface area (Å²) in [7, 11) is 0. The lowest BCUT2D eigenvalue weighted by atomic mass is 9.75. The minimum absolute atomic E-state index is 0.120. The molecule has 0 bridgehead atoms. The minimum atomic E-state index is -0.990. The maximum absolute atomic E-state index is 15.4. The van der Waals surface area contributed by atoms with Crippen LogP contribution in [0, 0.1) is 11.8 Å². The number of hydrogen-bond donors (Lipinski definition) is 0. The predicted molar refractivity (Wildman–Crippen MR) is 98.6 cm³/mol. The van der Waals surface area contributed by atoms with Gasteiger partial charge in [-0.1, -0.05) is 23.7 Å². The van der Waals surface area contributed by atoms with Crippen LogP contribution in [0.2, 0.25) is 5.02 Å². The standard InChI is InChI=1S/C21H24ClFN2/c22-17-3-1-2-16-19-12-24-13-25(19)18(20(16)17)8-11-21(23)9-6-15(7-10-21)14-4-5-14/h1-3,12-15,18H,4-11H2. The van der Waals surface area contributed by atoms with Crippen molar-refractivity contribution in [1.29, 1.82) is 0 Å². The quantitative estimate of drug-likeness (QED) is 0.636. The second-order valence-corrected chi connectivity index (χ2v) is 8.67. The summed E-state index contributed by atoms with van der Waals surface area (Å²) in [4.78, 5) is 4.30. The first-order chi connectivity index (χ1) is 12.1. The molecule has 2 aromatic rings. The molecule has 25 heavy (non-hydrogen) atoms. The highest BCUT2D eigenvalue weighted by Gasteiger charge is 2.41. The second-order valence-electron chi connectivity index (χ2n) is 8.27. The van der Waals surface area contributed by atoms with Crippen LogP contribution in [-0.4, -0.2) is 15.2 Å². The second kappa shape index (κ2) is 5.84. The van der Waals surface area contributed by atoms with Gasteiger partial charge in [0.15, 0.2) is 0 Å². The molecule has 2 saturated carbocycles. The third kappa shape index (κ3) is 2.71. The maximum Gasteiger partial charge on any atom is 0.111 e. The molecule has 2 heterocycles. The number of hydrogen-bond acceptors (Lipinski definition) is 1. The number of fused-ring (bicyclic) bond motifs is 3. The molecular formula is C21H24ClFN2. The highest BCUT2D eigenvalue weighted by molar-refractivity contribution is 6.32. The first-order valence-electron chi connectivity index (χ1n) is 9.64. The number of nitrogens with zero attached hydrogens (tertiary/aromatic N) is 2. The Labute approximate surface area is 153 Å². The normalized spacial score (nSPS) is 31.0.